The van der Waals surface area contributed by atoms with Crippen molar-refractivity contribution in [2.75, 3.05) is 7.05 Å². The number of aromatic nitrogens is 3. The van der Waals surface area contributed by atoms with Crippen molar-refractivity contribution >= 4 is 18.1 Å². The third kappa shape index (κ3) is 5.74. The zero-order valence-electron chi connectivity index (χ0n) is 15.5. The van der Waals surface area contributed by atoms with E-state index in [4.69, 9.17) is 18.0 Å². The Morgan fingerprint density at radius 2 is 2.15 bits per heavy atom. The number of primary amides is 1. The van der Waals surface area contributed by atoms with Crippen molar-refractivity contribution in [2.45, 2.75) is 46.4 Å². The minimum Gasteiger partial charge on any atom is -0.370 e. The van der Waals surface area contributed by atoms with Crippen LogP contribution >= 0.6 is 12.2 Å². The molecule has 1 unspecified atom stereocenters. The van der Waals surface area contributed by atoms with Crippen LogP contribution in [0.25, 0.3) is 0 Å². The number of hydrogen-bond donors (Lipinski definition) is 2. The van der Waals surface area contributed by atoms with Gasteiger partial charge >= 0.3 is 0 Å². The SMILES string of the molecule is CC(C)Cn1c(CCC(N)=O)nn(C[NH+](C)Cc2cccc(F)c2)c1=S. The van der Waals surface area contributed by atoms with Crippen LogP contribution in [0.1, 0.15) is 31.7 Å². The van der Waals surface area contributed by atoms with Gasteiger partial charge in [0.25, 0.3) is 0 Å². The lowest BCUT2D eigenvalue weighted by Crippen LogP contribution is -3.07. The van der Waals surface area contributed by atoms with Crippen LogP contribution in [-0.2, 0) is 31.0 Å². The van der Waals surface area contributed by atoms with Crippen molar-refractivity contribution in [1.82, 2.24) is 14.3 Å². The number of benzene rings is 1. The molecule has 0 fully saturated rings. The van der Waals surface area contributed by atoms with Crippen LogP contribution in [0.5, 0.6) is 0 Å². The fourth-order valence-electron chi connectivity index (χ4n) is 2.86. The van der Waals surface area contributed by atoms with Crippen molar-refractivity contribution in [2.24, 2.45) is 11.7 Å². The highest BCUT2D eigenvalue weighted by Crippen LogP contribution is 2.08. The molecule has 1 aromatic carbocycles. The molecule has 0 spiro atoms. The van der Waals surface area contributed by atoms with Gasteiger partial charge in [-0.3, -0.25) is 4.79 Å². The van der Waals surface area contributed by atoms with Crippen molar-refractivity contribution < 1.29 is 14.1 Å². The molecule has 2 aromatic rings. The van der Waals surface area contributed by atoms with Crippen molar-refractivity contribution in [3.05, 3.63) is 46.2 Å². The van der Waals surface area contributed by atoms with Gasteiger partial charge in [0.2, 0.25) is 10.7 Å². The number of nitrogens with zero attached hydrogens (tertiary/aromatic N) is 3. The second-order valence-corrected chi connectivity index (χ2v) is 7.46. The number of rotatable bonds is 9. The number of hydrogen-bond acceptors (Lipinski definition) is 3. The summed E-state index contributed by atoms with van der Waals surface area (Å²) in [6, 6.07) is 6.59. The lowest BCUT2D eigenvalue weighted by Gasteiger charge is -2.14. The number of carbonyl (C=O) groups is 1. The van der Waals surface area contributed by atoms with Gasteiger partial charge in [-0.25, -0.2) is 4.39 Å². The van der Waals surface area contributed by atoms with Gasteiger partial charge in [0.15, 0.2) is 6.67 Å². The fourth-order valence-corrected chi connectivity index (χ4v) is 3.15. The van der Waals surface area contributed by atoms with Gasteiger partial charge in [0.1, 0.15) is 18.2 Å². The maximum absolute atomic E-state index is 13.4. The van der Waals surface area contributed by atoms with E-state index in [0.29, 0.717) is 30.3 Å². The predicted octanol–water partition coefficient (Wildman–Crippen LogP) is 1.30. The smallest absolute Gasteiger partial charge is 0.217 e. The quantitative estimate of drug-likeness (QED) is 0.644. The van der Waals surface area contributed by atoms with Gasteiger partial charge < -0.3 is 15.2 Å². The highest BCUT2D eigenvalue weighted by atomic mass is 32.1. The van der Waals surface area contributed by atoms with Crippen LogP contribution in [-0.4, -0.2) is 27.3 Å². The van der Waals surface area contributed by atoms with E-state index in [2.05, 4.69) is 18.9 Å². The van der Waals surface area contributed by atoms with Gasteiger partial charge in [-0.2, -0.15) is 9.78 Å². The first kappa shape index (κ1) is 20.3. The summed E-state index contributed by atoms with van der Waals surface area (Å²) in [4.78, 5) is 12.3. The molecule has 0 aliphatic heterocycles. The molecular formula is C18H27FN5OS+. The molecule has 1 aromatic heterocycles. The fraction of sp³-hybridized carbons (Fsp3) is 0.500. The van der Waals surface area contributed by atoms with E-state index in [0.717, 1.165) is 22.8 Å². The van der Waals surface area contributed by atoms with E-state index in [1.165, 1.54) is 6.07 Å². The Morgan fingerprint density at radius 3 is 2.77 bits per heavy atom. The van der Waals surface area contributed by atoms with E-state index in [1.54, 1.807) is 16.8 Å². The van der Waals surface area contributed by atoms with Gasteiger partial charge in [0.05, 0.1) is 7.05 Å². The lowest BCUT2D eigenvalue weighted by atomic mass is 10.2. The topological polar surface area (TPSA) is 70.3 Å². The third-order valence-electron chi connectivity index (χ3n) is 3.96. The van der Waals surface area contributed by atoms with Crippen LogP contribution in [0.4, 0.5) is 4.39 Å². The Morgan fingerprint density at radius 1 is 1.42 bits per heavy atom. The van der Waals surface area contributed by atoms with Crippen LogP contribution in [0.3, 0.4) is 0 Å². The molecule has 142 valence electrons. The molecule has 1 heterocycles. The highest BCUT2D eigenvalue weighted by molar-refractivity contribution is 7.71. The summed E-state index contributed by atoms with van der Waals surface area (Å²) in [5, 5.41) is 4.61. The summed E-state index contributed by atoms with van der Waals surface area (Å²) in [6.07, 6.45) is 0.720. The van der Waals surface area contributed by atoms with Crippen LogP contribution in [0.2, 0.25) is 0 Å². The Kier molecular flexibility index (Phi) is 7.05. The minimum atomic E-state index is -0.351. The summed E-state index contributed by atoms with van der Waals surface area (Å²) in [6.45, 7) is 6.18. The Labute approximate surface area is 158 Å². The lowest BCUT2D eigenvalue weighted by molar-refractivity contribution is -0.917. The summed E-state index contributed by atoms with van der Waals surface area (Å²) in [5.41, 5.74) is 6.19. The first-order valence-electron chi connectivity index (χ1n) is 8.76. The number of amides is 1. The van der Waals surface area contributed by atoms with E-state index in [9.17, 15) is 9.18 Å². The summed E-state index contributed by atoms with van der Waals surface area (Å²) < 4.78 is 17.8. The Hall–Kier alpha value is -2.06. The van der Waals surface area contributed by atoms with E-state index in [1.807, 2.05) is 17.7 Å². The van der Waals surface area contributed by atoms with E-state index in [-0.39, 0.29) is 18.1 Å². The molecule has 2 rings (SSSR count). The molecule has 0 aliphatic rings. The number of nitrogens with two attached hydrogens (primary N) is 1. The monoisotopic (exact) mass is 380 g/mol. The third-order valence-corrected chi connectivity index (χ3v) is 4.39. The average Bonchev–Trinajstić information content (AvgIpc) is 2.81. The number of halogens is 1. The van der Waals surface area contributed by atoms with Gasteiger partial charge in [-0.1, -0.05) is 26.0 Å². The maximum Gasteiger partial charge on any atom is 0.217 e. The molecule has 26 heavy (non-hydrogen) atoms. The minimum absolute atomic E-state index is 0.234. The van der Waals surface area contributed by atoms with Gasteiger partial charge in [-0.05, 0) is 30.3 Å². The molecule has 0 radical (unpaired) electrons. The Balaban J connectivity index is 2.16. The van der Waals surface area contributed by atoms with Gasteiger partial charge in [-0.15, -0.1) is 0 Å². The van der Waals surface area contributed by atoms with Crippen LogP contribution in [0.15, 0.2) is 24.3 Å². The molecule has 0 saturated heterocycles. The molecule has 0 bridgehead atoms. The summed E-state index contributed by atoms with van der Waals surface area (Å²) in [5.74, 6) is 0.599. The molecule has 0 saturated carbocycles. The number of quaternary nitrogens is 1. The first-order valence-corrected chi connectivity index (χ1v) is 9.17. The normalized spacial score (nSPS) is 12.5. The maximum atomic E-state index is 13.4. The summed E-state index contributed by atoms with van der Waals surface area (Å²) in [7, 11) is 2.01. The van der Waals surface area contributed by atoms with Crippen molar-refractivity contribution in [1.29, 1.82) is 0 Å². The number of carbonyl (C=O) groups excluding carboxylic acids is 1. The van der Waals surface area contributed by atoms with Gasteiger partial charge in [0, 0.05) is 24.9 Å². The average molecular weight is 381 g/mol. The molecule has 3 N–H and O–H groups in total. The summed E-state index contributed by atoms with van der Waals surface area (Å²) >= 11 is 5.59. The second kappa shape index (κ2) is 9.05. The number of aryl methyl sites for hydroxylation is 1. The van der Waals surface area contributed by atoms with Crippen molar-refractivity contribution in [3.63, 3.8) is 0 Å². The van der Waals surface area contributed by atoms with E-state index < -0.39 is 0 Å². The zero-order valence-corrected chi connectivity index (χ0v) is 16.4. The molecule has 6 nitrogen and oxygen atoms in total. The van der Waals surface area contributed by atoms with E-state index >= 15 is 0 Å². The first-order chi connectivity index (χ1) is 12.3. The molecule has 8 heteroatoms. The second-order valence-electron chi connectivity index (χ2n) is 7.09. The molecule has 0 aliphatic carbocycles. The standard InChI is InChI=1S/C18H26FN5OS/c1-13(2)10-23-17(8-7-16(20)25)21-24(18(23)26)12-22(3)11-14-5-4-6-15(19)9-14/h4-6,9,13H,7-8,10-12H2,1-3H3,(H2,20,25)/p+1. The van der Waals surface area contributed by atoms with Crippen molar-refractivity contribution in [3.8, 4) is 0 Å². The molecule has 1 amide bonds. The van der Waals surface area contributed by atoms with Crippen LogP contribution < -0.4 is 10.6 Å². The largest absolute Gasteiger partial charge is 0.370 e. The zero-order chi connectivity index (χ0) is 19.3. The molecular weight excluding hydrogens is 353 g/mol. The highest BCUT2D eigenvalue weighted by Gasteiger charge is 2.15. The molecule has 1 atom stereocenters. The number of nitrogens with one attached hydrogen (secondary N) is 1. The predicted molar refractivity (Wildman–Crippen MR) is 100 cm³/mol. The van der Waals surface area contributed by atoms with Crippen LogP contribution in [0, 0.1) is 16.5 Å². The Bertz CT molecular complexity index is 814.